The summed E-state index contributed by atoms with van der Waals surface area (Å²) in [5.41, 5.74) is 23.9. The van der Waals surface area contributed by atoms with Gasteiger partial charge in [-0.05, 0) is 54.1 Å². The standard InChI is InChI=1S/C19H16N4O/c20-13-6-4-11(5-7-13)19-23-17-10-16(22)15(9-18(17)24-19)12-2-1-3-14(21)8-12/h1-10H,20-22H2. The Bertz CT molecular complexity index is 1040. The molecule has 0 saturated heterocycles. The number of hydrogen-bond donors (Lipinski definition) is 3. The molecule has 0 radical (unpaired) electrons. The summed E-state index contributed by atoms with van der Waals surface area (Å²) < 4.78 is 5.90. The molecule has 1 heterocycles. The van der Waals surface area contributed by atoms with Crippen LogP contribution in [0.1, 0.15) is 0 Å². The van der Waals surface area contributed by atoms with Crippen LogP contribution < -0.4 is 17.2 Å². The van der Waals surface area contributed by atoms with Crippen molar-refractivity contribution in [3.8, 4) is 22.6 Å². The Labute approximate surface area is 138 Å². The molecular weight excluding hydrogens is 300 g/mol. The summed E-state index contributed by atoms with van der Waals surface area (Å²) in [7, 11) is 0. The van der Waals surface area contributed by atoms with Crippen LogP contribution in [-0.4, -0.2) is 4.98 Å². The maximum atomic E-state index is 6.20. The van der Waals surface area contributed by atoms with E-state index in [0.717, 1.165) is 16.7 Å². The van der Waals surface area contributed by atoms with Gasteiger partial charge in [-0.15, -0.1) is 0 Å². The molecule has 0 aliphatic carbocycles. The lowest BCUT2D eigenvalue weighted by Gasteiger charge is -2.06. The third-order valence-electron chi connectivity index (χ3n) is 3.92. The molecule has 5 heteroatoms. The number of nitrogens with zero attached hydrogens (tertiary/aromatic N) is 1. The third kappa shape index (κ3) is 2.42. The summed E-state index contributed by atoms with van der Waals surface area (Å²) >= 11 is 0. The fraction of sp³-hybridized carbons (Fsp3) is 0. The summed E-state index contributed by atoms with van der Waals surface area (Å²) in [6.45, 7) is 0. The summed E-state index contributed by atoms with van der Waals surface area (Å²) in [5.74, 6) is 0.536. The van der Waals surface area contributed by atoms with Crippen molar-refractivity contribution >= 4 is 28.2 Å². The van der Waals surface area contributed by atoms with Crippen molar-refractivity contribution in [2.24, 2.45) is 0 Å². The predicted molar refractivity (Wildman–Crippen MR) is 98.1 cm³/mol. The van der Waals surface area contributed by atoms with Crippen LogP contribution in [0.3, 0.4) is 0 Å². The Kier molecular flexibility index (Phi) is 3.13. The van der Waals surface area contributed by atoms with Crippen LogP contribution >= 0.6 is 0 Å². The van der Waals surface area contributed by atoms with Gasteiger partial charge in [0.15, 0.2) is 5.58 Å². The van der Waals surface area contributed by atoms with Crippen molar-refractivity contribution in [2.45, 2.75) is 0 Å². The van der Waals surface area contributed by atoms with Gasteiger partial charge in [0.05, 0.1) is 0 Å². The minimum Gasteiger partial charge on any atom is -0.436 e. The molecule has 0 aliphatic rings. The zero-order chi connectivity index (χ0) is 16.7. The van der Waals surface area contributed by atoms with Gasteiger partial charge in [-0.25, -0.2) is 4.98 Å². The summed E-state index contributed by atoms with van der Waals surface area (Å²) in [6.07, 6.45) is 0. The lowest BCUT2D eigenvalue weighted by Crippen LogP contribution is -1.91. The molecule has 3 aromatic carbocycles. The molecule has 4 rings (SSSR count). The van der Waals surface area contributed by atoms with Crippen molar-refractivity contribution in [3.63, 3.8) is 0 Å². The fourth-order valence-electron chi connectivity index (χ4n) is 2.70. The molecule has 0 amide bonds. The first kappa shape index (κ1) is 14.1. The minimum absolute atomic E-state index is 0.536. The summed E-state index contributed by atoms with van der Waals surface area (Å²) in [6, 6.07) is 18.7. The number of nitrogen functional groups attached to an aromatic ring is 3. The smallest absolute Gasteiger partial charge is 0.227 e. The topological polar surface area (TPSA) is 104 Å². The zero-order valence-corrected chi connectivity index (χ0v) is 12.9. The van der Waals surface area contributed by atoms with Gasteiger partial charge < -0.3 is 21.6 Å². The largest absolute Gasteiger partial charge is 0.436 e. The molecule has 0 saturated carbocycles. The maximum Gasteiger partial charge on any atom is 0.227 e. The molecule has 0 spiro atoms. The lowest BCUT2D eigenvalue weighted by molar-refractivity contribution is 0.620. The van der Waals surface area contributed by atoms with Crippen LogP contribution in [0.5, 0.6) is 0 Å². The van der Waals surface area contributed by atoms with Crippen LogP contribution in [0, 0.1) is 0 Å². The third-order valence-corrected chi connectivity index (χ3v) is 3.92. The van der Waals surface area contributed by atoms with E-state index < -0.39 is 0 Å². The molecule has 0 bridgehead atoms. The van der Waals surface area contributed by atoms with Gasteiger partial charge in [0.2, 0.25) is 5.89 Å². The number of fused-ring (bicyclic) bond motifs is 1. The first-order chi connectivity index (χ1) is 11.6. The predicted octanol–water partition coefficient (Wildman–Crippen LogP) is 3.91. The van der Waals surface area contributed by atoms with Gasteiger partial charge in [-0.2, -0.15) is 0 Å². The molecule has 118 valence electrons. The van der Waals surface area contributed by atoms with Crippen LogP contribution in [0.2, 0.25) is 0 Å². The van der Waals surface area contributed by atoms with E-state index in [2.05, 4.69) is 4.98 Å². The second-order valence-electron chi connectivity index (χ2n) is 5.67. The molecule has 4 aromatic rings. The molecule has 6 N–H and O–H groups in total. The van der Waals surface area contributed by atoms with Crippen molar-refractivity contribution < 1.29 is 4.42 Å². The second-order valence-corrected chi connectivity index (χ2v) is 5.67. The highest BCUT2D eigenvalue weighted by Crippen LogP contribution is 2.33. The van der Waals surface area contributed by atoms with Crippen molar-refractivity contribution in [1.82, 2.24) is 4.98 Å². The van der Waals surface area contributed by atoms with E-state index in [4.69, 9.17) is 21.6 Å². The first-order valence-electron chi connectivity index (χ1n) is 7.52. The van der Waals surface area contributed by atoms with Gasteiger partial charge in [0.1, 0.15) is 5.52 Å². The molecular formula is C19H16N4O. The van der Waals surface area contributed by atoms with Gasteiger partial charge in [0.25, 0.3) is 0 Å². The number of benzene rings is 3. The van der Waals surface area contributed by atoms with Crippen molar-refractivity contribution in [3.05, 3.63) is 60.7 Å². The maximum absolute atomic E-state index is 6.20. The molecule has 1 aromatic heterocycles. The van der Waals surface area contributed by atoms with E-state index in [0.29, 0.717) is 34.1 Å². The van der Waals surface area contributed by atoms with Gasteiger partial charge in [-0.1, -0.05) is 12.1 Å². The second kappa shape index (κ2) is 5.31. The monoisotopic (exact) mass is 316 g/mol. The highest BCUT2D eigenvalue weighted by atomic mass is 16.3. The van der Waals surface area contributed by atoms with E-state index in [-0.39, 0.29) is 0 Å². The Morgan fingerprint density at radius 2 is 1.54 bits per heavy atom. The number of anilines is 3. The average Bonchev–Trinajstić information content (AvgIpc) is 2.97. The van der Waals surface area contributed by atoms with E-state index in [1.54, 1.807) is 0 Å². The van der Waals surface area contributed by atoms with Crippen LogP contribution in [0.25, 0.3) is 33.7 Å². The summed E-state index contributed by atoms with van der Waals surface area (Å²) in [4.78, 5) is 4.51. The Morgan fingerprint density at radius 1 is 0.750 bits per heavy atom. The normalized spacial score (nSPS) is 11.0. The van der Waals surface area contributed by atoms with E-state index >= 15 is 0 Å². The molecule has 5 nitrogen and oxygen atoms in total. The minimum atomic E-state index is 0.536. The molecule has 0 fully saturated rings. The number of aromatic nitrogens is 1. The highest BCUT2D eigenvalue weighted by Gasteiger charge is 2.12. The number of rotatable bonds is 2. The van der Waals surface area contributed by atoms with Gasteiger partial charge in [-0.3, -0.25) is 0 Å². The van der Waals surface area contributed by atoms with Crippen LogP contribution in [0.15, 0.2) is 65.1 Å². The SMILES string of the molecule is Nc1ccc(-c2nc3cc(N)c(-c4cccc(N)c4)cc3o2)cc1. The van der Waals surface area contributed by atoms with E-state index in [1.165, 1.54) is 0 Å². The van der Waals surface area contributed by atoms with Crippen molar-refractivity contribution in [2.75, 3.05) is 17.2 Å². The zero-order valence-electron chi connectivity index (χ0n) is 12.9. The van der Waals surface area contributed by atoms with Crippen LogP contribution in [-0.2, 0) is 0 Å². The highest BCUT2D eigenvalue weighted by molar-refractivity contribution is 5.90. The molecule has 0 aliphatic heterocycles. The molecule has 24 heavy (non-hydrogen) atoms. The quantitative estimate of drug-likeness (QED) is 0.486. The number of oxazole rings is 1. The Balaban J connectivity index is 1.84. The summed E-state index contributed by atoms with van der Waals surface area (Å²) in [5, 5.41) is 0. The lowest BCUT2D eigenvalue weighted by atomic mass is 10.0. The van der Waals surface area contributed by atoms with Gasteiger partial charge in [0, 0.05) is 28.2 Å². The van der Waals surface area contributed by atoms with Crippen LogP contribution in [0.4, 0.5) is 17.1 Å². The van der Waals surface area contributed by atoms with E-state index in [1.807, 2.05) is 60.7 Å². The first-order valence-corrected chi connectivity index (χ1v) is 7.52. The number of hydrogen-bond acceptors (Lipinski definition) is 5. The average molecular weight is 316 g/mol. The Morgan fingerprint density at radius 3 is 2.29 bits per heavy atom. The van der Waals surface area contributed by atoms with Crippen molar-refractivity contribution in [1.29, 1.82) is 0 Å². The van der Waals surface area contributed by atoms with Gasteiger partial charge >= 0.3 is 0 Å². The molecule has 0 unspecified atom stereocenters. The number of nitrogens with two attached hydrogens (primary N) is 3. The fourth-order valence-corrected chi connectivity index (χ4v) is 2.70. The Hall–Kier alpha value is -3.47. The van der Waals surface area contributed by atoms with E-state index in [9.17, 15) is 0 Å². The molecule has 0 atom stereocenters.